The Morgan fingerprint density at radius 3 is 1.78 bits per heavy atom. The highest BCUT2D eigenvalue weighted by Gasteiger charge is 2.57. The van der Waals surface area contributed by atoms with E-state index in [9.17, 15) is 15.0 Å². The van der Waals surface area contributed by atoms with E-state index in [-0.39, 0.29) is 32.8 Å². The number of benzene rings is 3. The van der Waals surface area contributed by atoms with Crippen LogP contribution in [0, 0.1) is 0 Å². The molecule has 0 bridgehead atoms. The Morgan fingerprint density at radius 2 is 1.27 bits per heavy atom. The molecular weight excluding hydrogens is 472 g/mol. The van der Waals surface area contributed by atoms with Crippen LogP contribution in [0.4, 0.5) is 0 Å². The van der Waals surface area contributed by atoms with Crippen molar-refractivity contribution < 1.29 is 34.0 Å². The molecule has 0 aromatic heterocycles. The molecule has 0 amide bonds. The van der Waals surface area contributed by atoms with E-state index < -0.39 is 36.0 Å². The van der Waals surface area contributed by atoms with Crippen LogP contribution in [0.3, 0.4) is 0 Å². The Bertz CT molecular complexity index is 1090. The maximum Gasteiger partial charge on any atom is 0.303 e. The van der Waals surface area contributed by atoms with Crippen LogP contribution in [0.2, 0.25) is 0 Å². The predicted octanol–water partition coefficient (Wildman–Crippen LogP) is 3.80. The van der Waals surface area contributed by atoms with Crippen LogP contribution in [0.5, 0.6) is 0 Å². The van der Waals surface area contributed by atoms with Crippen molar-refractivity contribution in [1.29, 1.82) is 0 Å². The third-order valence-electron chi connectivity index (χ3n) is 6.46. The zero-order valence-electron chi connectivity index (χ0n) is 20.9. The molecule has 0 aliphatic heterocycles. The highest BCUT2D eigenvalue weighted by Crippen LogP contribution is 2.38. The van der Waals surface area contributed by atoms with Gasteiger partial charge in [-0.1, -0.05) is 91.0 Å². The minimum Gasteiger partial charge on any atom is -0.454 e. The molecule has 1 aliphatic rings. The van der Waals surface area contributed by atoms with Gasteiger partial charge in [-0.25, -0.2) is 0 Å². The summed E-state index contributed by atoms with van der Waals surface area (Å²) in [7, 11) is 0. The number of aliphatic hydroxyl groups is 2. The second kappa shape index (κ2) is 12.9. The van der Waals surface area contributed by atoms with Crippen LogP contribution in [0.1, 0.15) is 30.0 Å². The van der Waals surface area contributed by atoms with E-state index in [0.717, 1.165) is 16.7 Å². The van der Waals surface area contributed by atoms with Gasteiger partial charge in [-0.3, -0.25) is 4.79 Å². The molecule has 0 spiro atoms. The molecule has 4 rings (SSSR count). The Balaban J connectivity index is 1.62. The molecule has 0 heterocycles. The summed E-state index contributed by atoms with van der Waals surface area (Å²) in [4.78, 5) is 12.3. The van der Waals surface area contributed by atoms with E-state index in [1.807, 2.05) is 91.0 Å². The summed E-state index contributed by atoms with van der Waals surface area (Å²) in [6.45, 7) is 1.92. The first-order chi connectivity index (χ1) is 18.0. The standard InChI is InChI=1S/C30H34O7/c1-22(31)37-30(21-34-18-23-11-5-2-6-12-23)17-26(32)27(33)28(35-19-24-13-7-3-8-14-24)29(30)36-20-25-15-9-4-10-16-25/h2-16,26-29,32-33H,17-21H2,1H3/t26-,27-,28+,29-,30-/m0/s1. The third-order valence-corrected chi connectivity index (χ3v) is 6.46. The van der Waals surface area contributed by atoms with Gasteiger partial charge in [0.15, 0.2) is 5.60 Å². The topological polar surface area (TPSA) is 94.5 Å². The molecular formula is C30H34O7. The SMILES string of the molecule is CC(=O)O[C@]1(COCc2ccccc2)C[C@H](O)[C@H](O)[C@@H](OCc2ccccc2)[C@@H]1OCc1ccccc1. The van der Waals surface area contributed by atoms with E-state index in [1.54, 1.807) is 0 Å². The first-order valence-electron chi connectivity index (χ1n) is 12.5. The molecule has 7 nitrogen and oxygen atoms in total. The normalized spacial score (nSPS) is 25.5. The Hall–Kier alpha value is -3.07. The quantitative estimate of drug-likeness (QED) is 0.382. The minimum atomic E-state index is -1.38. The van der Waals surface area contributed by atoms with Gasteiger partial charge < -0.3 is 29.2 Å². The van der Waals surface area contributed by atoms with Crippen molar-refractivity contribution in [2.24, 2.45) is 0 Å². The molecule has 1 saturated carbocycles. The van der Waals surface area contributed by atoms with Crippen molar-refractivity contribution in [3.05, 3.63) is 108 Å². The number of hydrogen-bond acceptors (Lipinski definition) is 7. The largest absolute Gasteiger partial charge is 0.454 e. The number of rotatable bonds is 11. The molecule has 196 valence electrons. The molecule has 37 heavy (non-hydrogen) atoms. The van der Waals surface area contributed by atoms with Gasteiger partial charge in [0.2, 0.25) is 0 Å². The van der Waals surface area contributed by atoms with Gasteiger partial charge in [-0.2, -0.15) is 0 Å². The highest BCUT2D eigenvalue weighted by molar-refractivity contribution is 5.66. The van der Waals surface area contributed by atoms with Gasteiger partial charge in [0, 0.05) is 13.3 Å². The van der Waals surface area contributed by atoms with E-state index in [4.69, 9.17) is 18.9 Å². The molecule has 3 aromatic rings. The summed E-state index contributed by atoms with van der Waals surface area (Å²) >= 11 is 0. The summed E-state index contributed by atoms with van der Waals surface area (Å²) < 4.78 is 24.4. The Labute approximate surface area is 217 Å². The number of esters is 1. The second-order valence-electron chi connectivity index (χ2n) is 9.38. The molecule has 3 aromatic carbocycles. The maximum absolute atomic E-state index is 12.3. The van der Waals surface area contributed by atoms with Gasteiger partial charge >= 0.3 is 5.97 Å². The van der Waals surface area contributed by atoms with Crippen LogP contribution in [-0.4, -0.2) is 52.8 Å². The van der Waals surface area contributed by atoms with E-state index in [0.29, 0.717) is 0 Å². The zero-order valence-corrected chi connectivity index (χ0v) is 20.9. The Morgan fingerprint density at radius 1 is 0.784 bits per heavy atom. The van der Waals surface area contributed by atoms with Crippen LogP contribution in [-0.2, 0) is 43.6 Å². The molecule has 5 atom stereocenters. The lowest BCUT2D eigenvalue weighted by atomic mass is 9.76. The molecule has 2 N–H and O–H groups in total. The number of carbonyl (C=O) groups is 1. The van der Waals surface area contributed by atoms with Crippen LogP contribution in [0.15, 0.2) is 91.0 Å². The summed E-state index contributed by atoms with van der Waals surface area (Å²) in [6.07, 6.45) is -4.41. The minimum absolute atomic E-state index is 0.0457. The predicted molar refractivity (Wildman–Crippen MR) is 137 cm³/mol. The molecule has 7 heteroatoms. The van der Waals surface area contributed by atoms with Crippen molar-refractivity contribution in [2.45, 2.75) is 63.2 Å². The van der Waals surface area contributed by atoms with E-state index in [1.165, 1.54) is 6.92 Å². The summed E-state index contributed by atoms with van der Waals surface area (Å²) in [6, 6.07) is 28.7. The fourth-order valence-electron chi connectivity index (χ4n) is 4.72. The van der Waals surface area contributed by atoms with Crippen molar-refractivity contribution >= 4 is 5.97 Å². The van der Waals surface area contributed by atoms with Gasteiger partial charge in [0.1, 0.15) is 18.3 Å². The van der Waals surface area contributed by atoms with Crippen molar-refractivity contribution in [3.8, 4) is 0 Å². The van der Waals surface area contributed by atoms with Crippen molar-refractivity contribution in [3.63, 3.8) is 0 Å². The first kappa shape index (κ1) is 27.0. The van der Waals surface area contributed by atoms with Gasteiger partial charge in [0.05, 0.1) is 32.5 Å². The average Bonchev–Trinajstić information content (AvgIpc) is 2.91. The zero-order chi connectivity index (χ0) is 26.1. The van der Waals surface area contributed by atoms with Gasteiger partial charge in [-0.05, 0) is 16.7 Å². The second-order valence-corrected chi connectivity index (χ2v) is 9.38. The first-order valence-corrected chi connectivity index (χ1v) is 12.5. The number of carbonyl (C=O) groups excluding carboxylic acids is 1. The van der Waals surface area contributed by atoms with E-state index in [2.05, 4.69) is 0 Å². The van der Waals surface area contributed by atoms with Crippen LogP contribution >= 0.6 is 0 Å². The number of ether oxygens (including phenoxy) is 4. The summed E-state index contributed by atoms with van der Waals surface area (Å²) in [5, 5.41) is 21.9. The molecule has 1 aliphatic carbocycles. The highest BCUT2D eigenvalue weighted by atomic mass is 16.6. The molecule has 0 radical (unpaired) electrons. The lowest BCUT2D eigenvalue weighted by Crippen LogP contribution is -2.67. The summed E-state index contributed by atoms with van der Waals surface area (Å²) in [5.74, 6) is -0.540. The van der Waals surface area contributed by atoms with Crippen LogP contribution < -0.4 is 0 Å². The number of hydrogen-bond donors (Lipinski definition) is 2. The third kappa shape index (κ3) is 7.25. The monoisotopic (exact) mass is 506 g/mol. The van der Waals surface area contributed by atoms with Crippen molar-refractivity contribution in [1.82, 2.24) is 0 Å². The number of aliphatic hydroxyl groups excluding tert-OH is 2. The lowest BCUT2D eigenvalue weighted by molar-refractivity contribution is -0.270. The average molecular weight is 507 g/mol. The fourth-order valence-corrected chi connectivity index (χ4v) is 4.72. The van der Waals surface area contributed by atoms with Gasteiger partial charge in [0.25, 0.3) is 0 Å². The van der Waals surface area contributed by atoms with E-state index >= 15 is 0 Å². The van der Waals surface area contributed by atoms with Crippen LogP contribution in [0.25, 0.3) is 0 Å². The van der Waals surface area contributed by atoms with Gasteiger partial charge in [-0.15, -0.1) is 0 Å². The fraction of sp³-hybridized carbons (Fsp3) is 0.367. The lowest BCUT2D eigenvalue weighted by Gasteiger charge is -2.49. The summed E-state index contributed by atoms with van der Waals surface area (Å²) in [5.41, 5.74) is 1.38. The molecule has 1 fully saturated rings. The van der Waals surface area contributed by atoms with Crippen molar-refractivity contribution in [2.75, 3.05) is 6.61 Å². The maximum atomic E-state index is 12.3. The smallest absolute Gasteiger partial charge is 0.303 e. The molecule has 0 saturated heterocycles. The molecule has 0 unspecified atom stereocenters. The Kier molecular flexibility index (Phi) is 9.44.